The highest BCUT2D eigenvalue weighted by Gasteiger charge is 2.55. The number of esters is 1. The van der Waals surface area contributed by atoms with E-state index in [1.165, 1.54) is 0 Å². The van der Waals surface area contributed by atoms with E-state index in [9.17, 15) is 9.59 Å². The predicted molar refractivity (Wildman–Crippen MR) is 72.2 cm³/mol. The van der Waals surface area contributed by atoms with Crippen LogP contribution in [0.15, 0.2) is 16.7 Å². The Kier molecular flexibility index (Phi) is 3.19. The van der Waals surface area contributed by atoms with Crippen LogP contribution in [0.2, 0.25) is 0 Å². The molecule has 1 fully saturated rings. The minimum Gasteiger partial charge on any atom is -0.468 e. The summed E-state index contributed by atoms with van der Waals surface area (Å²) in [6.07, 6.45) is 4.38. The first-order valence-corrected chi connectivity index (χ1v) is 7.33. The van der Waals surface area contributed by atoms with Gasteiger partial charge in [0.25, 0.3) is 0 Å². The van der Waals surface area contributed by atoms with Crippen molar-refractivity contribution >= 4 is 11.8 Å². The van der Waals surface area contributed by atoms with Crippen molar-refractivity contribution in [3.05, 3.63) is 23.7 Å². The van der Waals surface area contributed by atoms with Gasteiger partial charge in [-0.3, -0.25) is 9.59 Å². The molecule has 0 aromatic carbocycles. The molecule has 2 aliphatic carbocycles. The number of carbonyl (C=O) groups is 2. The Morgan fingerprint density at radius 1 is 1.50 bits per heavy atom. The molecule has 1 heterocycles. The summed E-state index contributed by atoms with van der Waals surface area (Å²) in [5.74, 6) is 0.317. The molecule has 0 radical (unpaired) electrons. The molecule has 1 saturated carbocycles. The van der Waals surface area contributed by atoms with Crippen molar-refractivity contribution < 1.29 is 18.7 Å². The molecule has 0 bridgehead atoms. The maximum atomic E-state index is 12.4. The second kappa shape index (κ2) is 4.76. The number of Topliss-reactive ketones (excluding diaryl/α,β-unsaturated/α-hetero) is 1. The molecule has 0 unspecified atom stereocenters. The minimum absolute atomic E-state index is 0.164. The summed E-state index contributed by atoms with van der Waals surface area (Å²) in [5.41, 5.74) is 0.747. The maximum Gasteiger partial charge on any atom is 0.309 e. The summed E-state index contributed by atoms with van der Waals surface area (Å²) in [7, 11) is 0. The molecule has 2 aliphatic rings. The third-order valence-corrected chi connectivity index (χ3v) is 5.00. The number of fused-ring (bicyclic) bond motifs is 3. The molecule has 3 rings (SSSR count). The summed E-state index contributed by atoms with van der Waals surface area (Å²) < 4.78 is 10.8. The van der Waals surface area contributed by atoms with E-state index in [1.807, 2.05) is 19.9 Å². The summed E-state index contributed by atoms with van der Waals surface area (Å²) in [6.45, 7) is 4.25. The van der Waals surface area contributed by atoms with Crippen molar-refractivity contribution in [1.29, 1.82) is 0 Å². The van der Waals surface area contributed by atoms with E-state index < -0.39 is 0 Å². The van der Waals surface area contributed by atoms with Crippen LogP contribution in [0.4, 0.5) is 0 Å². The zero-order valence-electron chi connectivity index (χ0n) is 12.0. The molecular formula is C16H20O4. The predicted octanol–water partition coefficient (Wildman–Crippen LogP) is 2.86. The van der Waals surface area contributed by atoms with Gasteiger partial charge in [0.1, 0.15) is 11.5 Å². The highest BCUT2D eigenvalue weighted by molar-refractivity contribution is 5.90. The van der Waals surface area contributed by atoms with Gasteiger partial charge in [-0.1, -0.05) is 6.92 Å². The number of ether oxygens (including phenoxy) is 1. The van der Waals surface area contributed by atoms with Crippen molar-refractivity contribution in [3.8, 4) is 0 Å². The van der Waals surface area contributed by atoms with E-state index in [0.717, 1.165) is 24.2 Å². The number of rotatable bonds is 2. The number of hydrogen-bond acceptors (Lipinski definition) is 4. The Hall–Kier alpha value is -1.58. The van der Waals surface area contributed by atoms with Crippen molar-refractivity contribution in [1.82, 2.24) is 0 Å². The van der Waals surface area contributed by atoms with E-state index in [2.05, 4.69) is 0 Å². The summed E-state index contributed by atoms with van der Waals surface area (Å²) in [5, 5.41) is 0. The van der Waals surface area contributed by atoms with Crippen LogP contribution in [0.3, 0.4) is 0 Å². The van der Waals surface area contributed by atoms with Crippen LogP contribution in [-0.2, 0) is 20.7 Å². The molecule has 1 aromatic rings. The Labute approximate surface area is 118 Å². The molecule has 4 heteroatoms. The second-order valence-electron chi connectivity index (χ2n) is 6.06. The van der Waals surface area contributed by atoms with Crippen molar-refractivity contribution in [2.75, 3.05) is 6.61 Å². The zero-order chi connectivity index (χ0) is 14.3. The van der Waals surface area contributed by atoms with Gasteiger partial charge in [-0.15, -0.1) is 0 Å². The third-order valence-electron chi connectivity index (χ3n) is 5.00. The molecule has 20 heavy (non-hydrogen) atoms. The fourth-order valence-electron chi connectivity index (χ4n) is 3.94. The maximum absolute atomic E-state index is 12.4. The third kappa shape index (κ3) is 1.81. The first kappa shape index (κ1) is 13.4. The fraction of sp³-hybridized carbons (Fsp3) is 0.625. The molecule has 0 spiro atoms. The molecule has 108 valence electrons. The minimum atomic E-state index is -0.369. The standard InChI is InChI=1S/C16H20O4/c1-3-19-15(18)11-4-5-12(17)13-14-10(7-9-20-14)6-8-16(11,13)2/h7,9,11,13H,3-6,8H2,1-2H3/t11-,13-,16-/m1/s1. The lowest BCUT2D eigenvalue weighted by molar-refractivity contribution is -0.158. The quantitative estimate of drug-likeness (QED) is 0.779. The fourth-order valence-corrected chi connectivity index (χ4v) is 3.94. The molecular weight excluding hydrogens is 256 g/mol. The van der Waals surface area contributed by atoms with Gasteiger partial charge in [0, 0.05) is 6.42 Å². The molecule has 0 aliphatic heterocycles. The molecule has 4 nitrogen and oxygen atoms in total. The van der Waals surface area contributed by atoms with E-state index in [-0.39, 0.29) is 29.0 Å². The average molecular weight is 276 g/mol. The number of carbonyl (C=O) groups excluding carboxylic acids is 2. The topological polar surface area (TPSA) is 56.5 Å². The van der Waals surface area contributed by atoms with Crippen molar-refractivity contribution in [2.45, 2.75) is 45.4 Å². The average Bonchev–Trinajstić information content (AvgIpc) is 2.86. The lowest BCUT2D eigenvalue weighted by Crippen LogP contribution is -2.48. The van der Waals surface area contributed by atoms with E-state index in [4.69, 9.17) is 9.15 Å². The van der Waals surface area contributed by atoms with Crippen LogP contribution in [0, 0.1) is 11.3 Å². The van der Waals surface area contributed by atoms with Crippen LogP contribution in [0.5, 0.6) is 0 Å². The number of furan rings is 1. The van der Waals surface area contributed by atoms with Gasteiger partial charge in [-0.05, 0) is 43.2 Å². The first-order chi connectivity index (χ1) is 9.58. The van der Waals surface area contributed by atoms with E-state index in [1.54, 1.807) is 6.26 Å². The molecule has 0 saturated heterocycles. The van der Waals surface area contributed by atoms with Crippen LogP contribution in [0.25, 0.3) is 0 Å². The van der Waals surface area contributed by atoms with Crippen LogP contribution in [-0.4, -0.2) is 18.4 Å². The van der Waals surface area contributed by atoms with Crippen molar-refractivity contribution in [2.24, 2.45) is 11.3 Å². The smallest absolute Gasteiger partial charge is 0.309 e. The lowest BCUT2D eigenvalue weighted by atomic mass is 9.55. The largest absolute Gasteiger partial charge is 0.468 e. The Balaban J connectivity index is 2.00. The van der Waals surface area contributed by atoms with Crippen molar-refractivity contribution in [3.63, 3.8) is 0 Å². The van der Waals surface area contributed by atoms with Crippen LogP contribution >= 0.6 is 0 Å². The normalized spacial score (nSPS) is 32.4. The van der Waals surface area contributed by atoms with Gasteiger partial charge in [0.15, 0.2) is 0 Å². The van der Waals surface area contributed by atoms with E-state index >= 15 is 0 Å². The summed E-state index contributed by atoms with van der Waals surface area (Å²) in [6, 6.07) is 1.94. The zero-order valence-corrected chi connectivity index (χ0v) is 12.0. The molecule has 0 N–H and O–H groups in total. The van der Waals surface area contributed by atoms with Gasteiger partial charge in [0.2, 0.25) is 0 Å². The Bertz CT molecular complexity index is 544. The highest BCUT2D eigenvalue weighted by atomic mass is 16.5. The SMILES string of the molecule is CCOC(=O)[C@H]1CCC(=O)[C@@H]2c3occc3CC[C@]12C. The molecule has 0 amide bonds. The van der Waals surface area contributed by atoms with E-state index in [0.29, 0.717) is 19.4 Å². The molecule has 3 atom stereocenters. The lowest BCUT2D eigenvalue weighted by Gasteiger charge is -2.47. The van der Waals surface area contributed by atoms with Crippen LogP contribution < -0.4 is 0 Å². The summed E-state index contributed by atoms with van der Waals surface area (Å²) in [4.78, 5) is 24.7. The second-order valence-corrected chi connectivity index (χ2v) is 6.06. The van der Waals surface area contributed by atoms with Gasteiger partial charge in [-0.2, -0.15) is 0 Å². The monoisotopic (exact) mass is 276 g/mol. The Morgan fingerprint density at radius 2 is 2.30 bits per heavy atom. The van der Waals surface area contributed by atoms with Gasteiger partial charge >= 0.3 is 5.97 Å². The Morgan fingerprint density at radius 3 is 3.05 bits per heavy atom. The summed E-state index contributed by atoms with van der Waals surface area (Å²) >= 11 is 0. The van der Waals surface area contributed by atoms with Gasteiger partial charge in [0.05, 0.1) is 24.7 Å². The van der Waals surface area contributed by atoms with Gasteiger partial charge < -0.3 is 9.15 Å². The number of hydrogen-bond donors (Lipinski definition) is 0. The number of ketones is 1. The van der Waals surface area contributed by atoms with Gasteiger partial charge in [-0.25, -0.2) is 0 Å². The first-order valence-electron chi connectivity index (χ1n) is 7.33. The highest BCUT2D eigenvalue weighted by Crippen LogP contribution is 2.55. The molecule has 1 aromatic heterocycles. The number of aryl methyl sites for hydroxylation is 1. The van der Waals surface area contributed by atoms with Crippen LogP contribution in [0.1, 0.15) is 50.4 Å².